The van der Waals surface area contributed by atoms with Crippen molar-refractivity contribution >= 4 is 5.69 Å². The lowest BCUT2D eigenvalue weighted by Crippen LogP contribution is -1.75. The number of hydrogen-bond acceptors (Lipinski definition) is 3. The van der Waals surface area contributed by atoms with E-state index < -0.39 is 0 Å². The average Bonchev–Trinajstić information content (AvgIpc) is 2.78. The quantitative estimate of drug-likeness (QED) is 0.483. The maximum absolute atomic E-state index is 8.88. The molecule has 2 rings (SSSR count). The summed E-state index contributed by atoms with van der Waals surface area (Å²) in [5, 5.41) is 12.4. The molecule has 80 valence electrons. The molecule has 0 radical (unpaired) electrons. The van der Waals surface area contributed by atoms with E-state index in [9.17, 15) is 0 Å². The molecule has 0 amide bonds. The molecule has 0 saturated heterocycles. The van der Waals surface area contributed by atoms with Crippen LogP contribution in [-0.4, -0.2) is 5.11 Å². The van der Waals surface area contributed by atoms with Crippen molar-refractivity contribution in [1.82, 2.24) is 0 Å². The molecule has 2 aromatic rings. The summed E-state index contributed by atoms with van der Waals surface area (Å²) < 4.78 is 5.37. The zero-order valence-corrected chi connectivity index (χ0v) is 8.37. The summed E-state index contributed by atoms with van der Waals surface area (Å²) in [5.41, 5.74) is 9.66. The normalized spacial score (nSPS) is 9.81. The first-order valence-electron chi connectivity index (χ1n) is 4.68. The van der Waals surface area contributed by atoms with E-state index in [0.717, 1.165) is 5.56 Å². The molecule has 1 N–H and O–H groups in total. The van der Waals surface area contributed by atoms with Crippen LogP contribution in [0.25, 0.3) is 21.8 Å². The van der Waals surface area contributed by atoms with Crippen molar-refractivity contribution in [3.05, 3.63) is 52.6 Å². The fourth-order valence-electron chi connectivity index (χ4n) is 1.39. The lowest BCUT2D eigenvalue weighted by atomic mass is 10.1. The van der Waals surface area contributed by atoms with Crippen LogP contribution in [-0.2, 0) is 6.61 Å². The predicted molar refractivity (Wildman–Crippen MR) is 58.9 cm³/mol. The standard InChI is InChI=1S/C11H9N3O2/c12-14-13-9-3-1-2-8(6-9)11-5-4-10(7-15)16-11/h1-6,15H,7H2. The summed E-state index contributed by atoms with van der Waals surface area (Å²) in [4.78, 5) is 2.72. The molecule has 0 bridgehead atoms. The first kappa shape index (κ1) is 10.3. The monoisotopic (exact) mass is 215 g/mol. The van der Waals surface area contributed by atoms with Crippen LogP contribution in [0.1, 0.15) is 5.76 Å². The fraction of sp³-hybridized carbons (Fsp3) is 0.0909. The van der Waals surface area contributed by atoms with Crippen LogP contribution in [0.5, 0.6) is 0 Å². The van der Waals surface area contributed by atoms with Crippen LogP contribution in [0, 0.1) is 0 Å². The van der Waals surface area contributed by atoms with Gasteiger partial charge in [-0.15, -0.1) is 0 Å². The molecule has 1 heterocycles. The van der Waals surface area contributed by atoms with Gasteiger partial charge in [-0.1, -0.05) is 23.3 Å². The Kier molecular flexibility index (Phi) is 2.91. The molecule has 1 aromatic heterocycles. The first-order chi connectivity index (χ1) is 7.83. The maximum atomic E-state index is 8.88. The second kappa shape index (κ2) is 4.53. The Morgan fingerprint density at radius 3 is 2.88 bits per heavy atom. The van der Waals surface area contributed by atoms with Gasteiger partial charge >= 0.3 is 0 Å². The Balaban J connectivity index is 2.39. The van der Waals surface area contributed by atoms with Crippen molar-refractivity contribution in [3.8, 4) is 11.3 Å². The lowest BCUT2D eigenvalue weighted by Gasteiger charge is -1.97. The third-order valence-electron chi connectivity index (χ3n) is 2.11. The van der Waals surface area contributed by atoms with E-state index in [1.54, 1.807) is 30.3 Å². The fourth-order valence-corrected chi connectivity index (χ4v) is 1.39. The molecule has 5 heteroatoms. The predicted octanol–water partition coefficient (Wildman–Crippen LogP) is 3.38. The smallest absolute Gasteiger partial charge is 0.134 e. The summed E-state index contributed by atoms with van der Waals surface area (Å²) in [6.07, 6.45) is 0. The van der Waals surface area contributed by atoms with E-state index in [0.29, 0.717) is 17.2 Å². The van der Waals surface area contributed by atoms with Crippen LogP contribution < -0.4 is 0 Å². The Morgan fingerprint density at radius 2 is 2.19 bits per heavy atom. The third kappa shape index (κ3) is 2.06. The van der Waals surface area contributed by atoms with Crippen LogP contribution in [0.4, 0.5) is 5.69 Å². The van der Waals surface area contributed by atoms with Crippen LogP contribution >= 0.6 is 0 Å². The van der Waals surface area contributed by atoms with E-state index >= 15 is 0 Å². The van der Waals surface area contributed by atoms with Gasteiger partial charge in [0.2, 0.25) is 0 Å². The molecule has 0 spiro atoms. The SMILES string of the molecule is [N-]=[N+]=Nc1cccc(-c2ccc(CO)o2)c1. The minimum atomic E-state index is -0.129. The highest BCUT2D eigenvalue weighted by atomic mass is 16.4. The number of rotatable bonds is 3. The molecule has 0 aliphatic rings. The van der Waals surface area contributed by atoms with Crippen molar-refractivity contribution in [2.45, 2.75) is 6.61 Å². The highest BCUT2D eigenvalue weighted by molar-refractivity contribution is 5.62. The number of nitrogens with zero attached hydrogens (tertiary/aromatic N) is 3. The van der Waals surface area contributed by atoms with Crippen molar-refractivity contribution < 1.29 is 9.52 Å². The van der Waals surface area contributed by atoms with Gasteiger partial charge in [0.25, 0.3) is 0 Å². The summed E-state index contributed by atoms with van der Waals surface area (Å²) in [7, 11) is 0. The molecule has 1 aromatic carbocycles. The summed E-state index contributed by atoms with van der Waals surface area (Å²) in [6, 6.07) is 10.5. The van der Waals surface area contributed by atoms with Gasteiger partial charge < -0.3 is 9.52 Å². The summed E-state index contributed by atoms with van der Waals surface area (Å²) in [5.74, 6) is 1.14. The van der Waals surface area contributed by atoms with E-state index in [2.05, 4.69) is 10.0 Å². The lowest BCUT2D eigenvalue weighted by molar-refractivity contribution is 0.248. The molecular weight excluding hydrogens is 206 g/mol. The van der Waals surface area contributed by atoms with Gasteiger partial charge in [-0.3, -0.25) is 0 Å². The van der Waals surface area contributed by atoms with Gasteiger partial charge in [0.1, 0.15) is 18.1 Å². The molecule has 16 heavy (non-hydrogen) atoms. The topological polar surface area (TPSA) is 82.1 Å². The highest BCUT2D eigenvalue weighted by Crippen LogP contribution is 2.25. The molecule has 0 atom stereocenters. The molecular formula is C11H9N3O2. The van der Waals surface area contributed by atoms with Crippen LogP contribution in [0.2, 0.25) is 0 Å². The number of benzene rings is 1. The second-order valence-corrected chi connectivity index (χ2v) is 3.16. The van der Waals surface area contributed by atoms with Crippen LogP contribution in [0.3, 0.4) is 0 Å². The number of aliphatic hydroxyl groups excluding tert-OH is 1. The van der Waals surface area contributed by atoms with Crippen molar-refractivity contribution in [2.24, 2.45) is 5.11 Å². The van der Waals surface area contributed by atoms with Gasteiger partial charge in [0.05, 0.1) is 0 Å². The van der Waals surface area contributed by atoms with Gasteiger partial charge in [0, 0.05) is 16.2 Å². The molecule has 0 fully saturated rings. The average molecular weight is 215 g/mol. The van der Waals surface area contributed by atoms with Crippen molar-refractivity contribution in [1.29, 1.82) is 0 Å². The molecule has 5 nitrogen and oxygen atoms in total. The molecule has 0 aliphatic carbocycles. The second-order valence-electron chi connectivity index (χ2n) is 3.16. The number of azide groups is 1. The van der Waals surface area contributed by atoms with E-state index in [-0.39, 0.29) is 6.61 Å². The Morgan fingerprint density at radius 1 is 1.31 bits per heavy atom. The van der Waals surface area contributed by atoms with Crippen molar-refractivity contribution in [2.75, 3.05) is 0 Å². The maximum Gasteiger partial charge on any atom is 0.134 e. The van der Waals surface area contributed by atoms with Gasteiger partial charge in [-0.2, -0.15) is 0 Å². The zero-order chi connectivity index (χ0) is 11.4. The van der Waals surface area contributed by atoms with E-state index in [4.69, 9.17) is 15.1 Å². The minimum Gasteiger partial charge on any atom is -0.459 e. The number of furan rings is 1. The summed E-state index contributed by atoms with van der Waals surface area (Å²) >= 11 is 0. The summed E-state index contributed by atoms with van der Waals surface area (Å²) in [6.45, 7) is -0.129. The Labute approximate surface area is 91.6 Å². The Bertz CT molecular complexity index is 542. The van der Waals surface area contributed by atoms with Gasteiger partial charge in [-0.05, 0) is 23.7 Å². The molecule has 0 unspecified atom stereocenters. The first-order valence-corrected chi connectivity index (χ1v) is 4.68. The minimum absolute atomic E-state index is 0.129. The highest BCUT2D eigenvalue weighted by Gasteiger charge is 2.04. The van der Waals surface area contributed by atoms with Crippen molar-refractivity contribution in [3.63, 3.8) is 0 Å². The zero-order valence-electron chi connectivity index (χ0n) is 8.37. The molecule has 0 saturated carbocycles. The number of aliphatic hydroxyl groups is 1. The third-order valence-corrected chi connectivity index (χ3v) is 2.11. The van der Waals surface area contributed by atoms with Gasteiger partial charge in [0.15, 0.2) is 0 Å². The largest absolute Gasteiger partial charge is 0.459 e. The van der Waals surface area contributed by atoms with E-state index in [1.807, 2.05) is 6.07 Å². The van der Waals surface area contributed by atoms with Gasteiger partial charge in [-0.25, -0.2) is 0 Å². The van der Waals surface area contributed by atoms with Crippen LogP contribution in [0.15, 0.2) is 45.9 Å². The van der Waals surface area contributed by atoms with E-state index in [1.165, 1.54) is 0 Å². The number of hydrogen-bond donors (Lipinski definition) is 1. The molecule has 0 aliphatic heterocycles. The Hall–Kier alpha value is -2.23.